The molecule has 1 aliphatic rings. The molecule has 0 atom stereocenters. The molecule has 6 heteroatoms. The highest BCUT2D eigenvalue weighted by Crippen LogP contribution is 2.12. The smallest absolute Gasteiger partial charge is 0.408 e. The van der Waals surface area contributed by atoms with Gasteiger partial charge in [-0.05, 0) is 25.0 Å². The lowest BCUT2D eigenvalue weighted by atomic mass is 10.0. The van der Waals surface area contributed by atoms with E-state index in [0.717, 1.165) is 31.4 Å². The number of carbonyl (C=O) groups excluding carboxylic acids is 1. The molecule has 136 valence electrons. The number of rotatable bonds is 7. The van der Waals surface area contributed by atoms with Gasteiger partial charge in [-0.3, -0.25) is 9.36 Å². The third-order valence-electron chi connectivity index (χ3n) is 5.02. The first-order valence-corrected chi connectivity index (χ1v) is 9.38. The summed E-state index contributed by atoms with van der Waals surface area (Å²) in [5.74, 6) is -0.266. The lowest BCUT2D eigenvalue weighted by Crippen LogP contribution is -3.13. The molecule has 1 fully saturated rings. The molecule has 0 spiro atoms. The fraction of sp³-hybridized carbons (Fsp3) is 0.579. The summed E-state index contributed by atoms with van der Waals surface area (Å²) in [6.45, 7) is 6.25. The van der Waals surface area contributed by atoms with E-state index in [2.05, 4.69) is 12.2 Å². The fourth-order valence-electron chi connectivity index (χ4n) is 3.70. The van der Waals surface area contributed by atoms with Gasteiger partial charge in [0.15, 0.2) is 5.58 Å². The van der Waals surface area contributed by atoms with Crippen molar-refractivity contribution in [2.75, 3.05) is 19.6 Å². The van der Waals surface area contributed by atoms with Crippen molar-refractivity contribution in [1.29, 1.82) is 0 Å². The minimum Gasteiger partial charge on any atom is -0.408 e. The maximum absolute atomic E-state index is 12.2. The zero-order valence-electron chi connectivity index (χ0n) is 14.9. The van der Waals surface area contributed by atoms with Crippen molar-refractivity contribution in [2.45, 2.75) is 51.6 Å². The van der Waals surface area contributed by atoms with Crippen LogP contribution in [0.5, 0.6) is 0 Å². The van der Waals surface area contributed by atoms with Gasteiger partial charge in [-0.15, -0.1) is 0 Å². The number of hydrogen-bond donors (Lipinski definition) is 2. The number of oxazole rings is 1. The van der Waals surface area contributed by atoms with Crippen LogP contribution in [0.15, 0.2) is 33.5 Å². The lowest BCUT2D eigenvalue weighted by molar-refractivity contribution is -0.905. The number of aryl methyl sites for hydroxylation is 1. The summed E-state index contributed by atoms with van der Waals surface area (Å²) in [6.07, 6.45) is 4.41. The van der Waals surface area contributed by atoms with Gasteiger partial charge in [0.1, 0.15) is 0 Å². The molecule has 2 heterocycles. The third kappa shape index (κ3) is 4.51. The Bertz CT molecular complexity index is 757. The van der Waals surface area contributed by atoms with Gasteiger partial charge in [0.2, 0.25) is 5.91 Å². The van der Waals surface area contributed by atoms with Crippen molar-refractivity contribution in [3.63, 3.8) is 0 Å². The standard InChI is InChI=1S/C19H27N3O3/c1-2-11-21-13-9-15(10-14-21)20-18(23)8-5-12-22-16-6-3-4-7-17(16)25-19(22)24/h3-4,6-7,15H,2,5,8-14H2,1H3,(H,20,23)/p+1. The Morgan fingerprint density at radius 3 is 2.84 bits per heavy atom. The monoisotopic (exact) mass is 346 g/mol. The van der Waals surface area contributed by atoms with Crippen LogP contribution < -0.4 is 16.0 Å². The average molecular weight is 346 g/mol. The summed E-state index contributed by atoms with van der Waals surface area (Å²) in [5, 5.41) is 3.15. The van der Waals surface area contributed by atoms with Gasteiger partial charge in [0.05, 0.1) is 25.2 Å². The summed E-state index contributed by atoms with van der Waals surface area (Å²) in [6, 6.07) is 7.69. The van der Waals surface area contributed by atoms with E-state index in [-0.39, 0.29) is 11.7 Å². The van der Waals surface area contributed by atoms with Crippen molar-refractivity contribution in [3.05, 3.63) is 34.8 Å². The first-order valence-electron chi connectivity index (χ1n) is 9.38. The highest BCUT2D eigenvalue weighted by atomic mass is 16.4. The Morgan fingerprint density at radius 2 is 2.08 bits per heavy atom. The molecular weight excluding hydrogens is 318 g/mol. The number of nitrogens with one attached hydrogen (secondary N) is 2. The predicted octanol–water partition coefficient (Wildman–Crippen LogP) is 0.948. The van der Waals surface area contributed by atoms with Gasteiger partial charge < -0.3 is 14.6 Å². The number of benzene rings is 1. The van der Waals surface area contributed by atoms with E-state index < -0.39 is 0 Å². The highest BCUT2D eigenvalue weighted by molar-refractivity contribution is 5.76. The van der Waals surface area contributed by atoms with Crippen LogP contribution in [-0.4, -0.2) is 36.2 Å². The molecule has 1 saturated heterocycles. The summed E-state index contributed by atoms with van der Waals surface area (Å²) < 4.78 is 6.82. The van der Waals surface area contributed by atoms with Crippen molar-refractivity contribution in [3.8, 4) is 0 Å². The van der Waals surface area contributed by atoms with Gasteiger partial charge in [-0.2, -0.15) is 0 Å². The number of carbonyl (C=O) groups is 1. The number of piperidine rings is 1. The minimum atomic E-state index is -0.354. The van der Waals surface area contributed by atoms with E-state index in [4.69, 9.17) is 4.42 Å². The topological polar surface area (TPSA) is 68.7 Å². The summed E-state index contributed by atoms with van der Waals surface area (Å²) in [5.41, 5.74) is 1.39. The summed E-state index contributed by atoms with van der Waals surface area (Å²) in [7, 11) is 0. The van der Waals surface area contributed by atoms with Gasteiger partial charge in [0, 0.05) is 31.8 Å². The average Bonchev–Trinajstić information content (AvgIpc) is 2.93. The third-order valence-corrected chi connectivity index (χ3v) is 5.02. The number of amides is 1. The second-order valence-electron chi connectivity index (χ2n) is 6.93. The molecule has 0 bridgehead atoms. The zero-order chi connectivity index (χ0) is 17.6. The van der Waals surface area contributed by atoms with Gasteiger partial charge in [0.25, 0.3) is 0 Å². The second-order valence-corrected chi connectivity index (χ2v) is 6.93. The van der Waals surface area contributed by atoms with E-state index in [1.165, 1.54) is 13.0 Å². The van der Waals surface area contributed by atoms with Crippen molar-refractivity contribution in [2.24, 2.45) is 0 Å². The molecule has 1 aromatic carbocycles. The molecule has 2 aromatic rings. The van der Waals surface area contributed by atoms with Gasteiger partial charge in [-0.1, -0.05) is 19.1 Å². The summed E-state index contributed by atoms with van der Waals surface area (Å²) >= 11 is 0. The Morgan fingerprint density at radius 1 is 1.32 bits per heavy atom. The van der Waals surface area contributed by atoms with Crippen molar-refractivity contribution < 1.29 is 14.1 Å². The van der Waals surface area contributed by atoms with E-state index in [1.807, 2.05) is 18.2 Å². The number of fused-ring (bicyclic) bond motifs is 1. The molecule has 1 aromatic heterocycles. The zero-order valence-corrected chi connectivity index (χ0v) is 14.9. The number of para-hydroxylation sites is 2. The first kappa shape index (κ1) is 17.7. The second kappa shape index (κ2) is 8.34. The predicted molar refractivity (Wildman–Crippen MR) is 96.7 cm³/mol. The molecule has 6 nitrogen and oxygen atoms in total. The quantitative estimate of drug-likeness (QED) is 0.784. The molecular formula is C19H28N3O3+. The van der Waals surface area contributed by atoms with Crippen LogP contribution in [0.3, 0.4) is 0 Å². The van der Waals surface area contributed by atoms with E-state index >= 15 is 0 Å². The van der Waals surface area contributed by atoms with Crippen LogP contribution in [0.25, 0.3) is 11.1 Å². The lowest BCUT2D eigenvalue weighted by Gasteiger charge is -2.29. The number of hydrogen-bond acceptors (Lipinski definition) is 3. The number of nitrogens with zero attached hydrogens (tertiary/aromatic N) is 1. The molecule has 25 heavy (non-hydrogen) atoms. The van der Waals surface area contributed by atoms with Crippen LogP contribution in [-0.2, 0) is 11.3 Å². The number of quaternary nitrogens is 1. The van der Waals surface area contributed by atoms with Crippen LogP contribution >= 0.6 is 0 Å². The molecule has 0 aliphatic carbocycles. The van der Waals surface area contributed by atoms with Crippen LogP contribution in [0.1, 0.15) is 39.0 Å². The largest absolute Gasteiger partial charge is 0.419 e. The molecule has 2 N–H and O–H groups in total. The maximum Gasteiger partial charge on any atom is 0.419 e. The van der Waals surface area contributed by atoms with Crippen LogP contribution in [0.4, 0.5) is 0 Å². The summed E-state index contributed by atoms with van der Waals surface area (Å²) in [4.78, 5) is 25.7. The van der Waals surface area contributed by atoms with Gasteiger partial charge in [-0.25, -0.2) is 4.79 Å². The van der Waals surface area contributed by atoms with Crippen LogP contribution in [0, 0.1) is 0 Å². The molecule has 0 unspecified atom stereocenters. The Kier molecular flexibility index (Phi) is 5.91. The van der Waals surface area contributed by atoms with E-state index in [0.29, 0.717) is 31.0 Å². The van der Waals surface area contributed by atoms with Crippen molar-refractivity contribution >= 4 is 17.0 Å². The SMILES string of the molecule is CCC[NH+]1CCC(NC(=O)CCCn2c(=O)oc3ccccc32)CC1. The number of likely N-dealkylation sites (tertiary alicyclic amines) is 1. The normalized spacial score (nSPS) is 20.7. The number of aromatic nitrogens is 1. The highest BCUT2D eigenvalue weighted by Gasteiger charge is 2.22. The van der Waals surface area contributed by atoms with Crippen molar-refractivity contribution in [1.82, 2.24) is 9.88 Å². The minimum absolute atomic E-state index is 0.0878. The molecule has 3 rings (SSSR count). The molecule has 0 radical (unpaired) electrons. The Hall–Kier alpha value is -2.08. The molecule has 0 saturated carbocycles. The molecule has 1 aliphatic heterocycles. The van der Waals surface area contributed by atoms with Crippen LogP contribution in [0.2, 0.25) is 0 Å². The fourth-order valence-corrected chi connectivity index (χ4v) is 3.70. The molecule has 1 amide bonds. The Labute approximate surface area is 147 Å². The van der Waals surface area contributed by atoms with E-state index in [9.17, 15) is 9.59 Å². The van der Waals surface area contributed by atoms with E-state index in [1.54, 1.807) is 15.5 Å². The maximum atomic E-state index is 12.2. The van der Waals surface area contributed by atoms with Gasteiger partial charge >= 0.3 is 5.76 Å². The first-order chi connectivity index (χ1) is 12.2. The Balaban J connectivity index is 1.44.